The van der Waals surface area contributed by atoms with E-state index in [-0.39, 0.29) is 12.7 Å². The molecule has 0 unspecified atom stereocenters. The molecule has 0 fully saturated rings. The molecule has 8 nitrogen and oxygen atoms in total. The highest BCUT2D eigenvalue weighted by Gasteiger charge is 2.16. The molecule has 184 valence electrons. The highest BCUT2D eigenvalue weighted by Crippen LogP contribution is 2.33. The largest absolute Gasteiger partial charge is 0.480 e. The number of hydrogen-bond donors (Lipinski definition) is 2. The van der Waals surface area contributed by atoms with Crippen LogP contribution in [0.2, 0.25) is 0 Å². The molecule has 0 rings (SSSR count). The molecule has 0 spiro atoms. The van der Waals surface area contributed by atoms with Gasteiger partial charge >= 0.3 is 18.2 Å². The first-order valence-corrected chi connectivity index (χ1v) is 12.4. The first-order chi connectivity index (χ1) is 14.5. The Hall–Kier alpha value is -0.840. The standard InChI is InChI=1S/C12H17NO2.C7H13NO4.C2H3I3/c1-5-8-11(7-3)10-15-12(14)13(4)9-6-2;1-7(2,3)12-6(11)8-4-5(9)10;1-2(3,4)5/h5-8H,1-3,9-10H2,4H3;4H2,1-3H3,(H,8,11)(H,9,10);1H3/b11-8+;;. The lowest BCUT2D eigenvalue weighted by Crippen LogP contribution is -2.35. The molecule has 0 aliphatic heterocycles. The molecule has 0 saturated heterocycles. The maximum atomic E-state index is 11.3. The second-order valence-electron chi connectivity index (χ2n) is 6.94. The Labute approximate surface area is 232 Å². The summed E-state index contributed by atoms with van der Waals surface area (Å²) >= 11 is 7.05. The van der Waals surface area contributed by atoms with Crippen molar-refractivity contribution in [2.45, 2.75) is 32.7 Å². The van der Waals surface area contributed by atoms with Gasteiger partial charge < -0.3 is 24.8 Å². The average Bonchev–Trinajstić information content (AvgIpc) is 2.61. The summed E-state index contributed by atoms with van der Waals surface area (Å²) in [6.07, 6.45) is 5.53. The number of allylic oxidation sites excluding steroid dienone is 2. The minimum absolute atomic E-state index is 0.204. The van der Waals surface area contributed by atoms with E-state index in [0.29, 0.717) is 5.98 Å². The van der Waals surface area contributed by atoms with E-state index in [1.165, 1.54) is 4.90 Å². The van der Waals surface area contributed by atoms with E-state index >= 15 is 0 Å². The van der Waals surface area contributed by atoms with Gasteiger partial charge in [0.15, 0.2) is 0 Å². The summed E-state index contributed by atoms with van der Waals surface area (Å²) in [5.41, 5.74) is 0.216. The van der Waals surface area contributed by atoms with Gasteiger partial charge in [-0.3, -0.25) is 4.79 Å². The maximum absolute atomic E-state index is 11.3. The van der Waals surface area contributed by atoms with Crippen LogP contribution in [0.25, 0.3) is 0 Å². The number of carboxylic acids is 1. The monoisotopic (exact) mass is 790 g/mol. The van der Waals surface area contributed by atoms with Gasteiger partial charge in [0.25, 0.3) is 0 Å². The van der Waals surface area contributed by atoms with Crippen LogP contribution in [0.1, 0.15) is 27.7 Å². The minimum atomic E-state index is -1.10. The van der Waals surface area contributed by atoms with Crippen LogP contribution in [0.3, 0.4) is 0 Å². The lowest BCUT2D eigenvalue weighted by molar-refractivity contribution is -0.136. The van der Waals surface area contributed by atoms with E-state index in [1.54, 1.807) is 52.1 Å². The number of amides is 2. The first-order valence-electron chi connectivity index (χ1n) is 9.15. The van der Waals surface area contributed by atoms with Crippen LogP contribution in [0, 0.1) is 0 Å². The van der Waals surface area contributed by atoms with Crippen LogP contribution < -0.4 is 5.32 Å². The lowest BCUT2D eigenvalue weighted by Gasteiger charge is -2.19. The van der Waals surface area contributed by atoms with Crippen LogP contribution in [0.4, 0.5) is 9.59 Å². The third kappa shape index (κ3) is 33.8. The number of hydrogen-bond acceptors (Lipinski definition) is 5. The van der Waals surface area contributed by atoms with Gasteiger partial charge in [-0.25, -0.2) is 9.59 Å². The molecule has 11 heteroatoms. The molecule has 0 aliphatic carbocycles. The van der Waals surface area contributed by atoms with Crippen molar-refractivity contribution in [3.63, 3.8) is 0 Å². The lowest BCUT2D eigenvalue weighted by atomic mass is 10.2. The normalized spacial score (nSPS) is 10.7. The first kappa shape index (κ1) is 35.7. The third-order valence-electron chi connectivity index (χ3n) is 2.45. The number of rotatable bonds is 8. The van der Waals surface area contributed by atoms with Crippen LogP contribution in [0.5, 0.6) is 0 Å². The average molecular weight is 790 g/mol. The molecule has 0 aromatic carbocycles. The fraction of sp³-hybridized carbons (Fsp3) is 0.476. The molecular formula is C21H33I3N2O6. The molecular weight excluding hydrogens is 757 g/mol. The molecule has 0 saturated carbocycles. The van der Waals surface area contributed by atoms with E-state index < -0.39 is 24.2 Å². The second kappa shape index (κ2) is 19.6. The van der Waals surface area contributed by atoms with Crippen molar-refractivity contribution < 1.29 is 29.0 Å². The van der Waals surface area contributed by atoms with Gasteiger partial charge in [0, 0.05) is 13.6 Å². The van der Waals surface area contributed by atoms with E-state index in [9.17, 15) is 14.4 Å². The van der Waals surface area contributed by atoms with Gasteiger partial charge in [-0.1, -0.05) is 105 Å². The summed E-state index contributed by atoms with van der Waals surface area (Å²) in [5, 5.41) is 10.3. The summed E-state index contributed by atoms with van der Waals surface area (Å²) in [6, 6.07) is 0. The van der Waals surface area contributed by atoms with E-state index in [2.05, 4.69) is 99.7 Å². The number of alkyl halides is 3. The zero-order valence-corrected chi connectivity index (χ0v) is 25.6. The smallest absolute Gasteiger partial charge is 0.410 e. The van der Waals surface area contributed by atoms with Crippen molar-refractivity contribution in [3.8, 4) is 0 Å². The number of alkyl carbamates (subject to hydrolysis) is 1. The van der Waals surface area contributed by atoms with Gasteiger partial charge in [0.2, 0.25) is 0 Å². The summed E-state index contributed by atoms with van der Waals surface area (Å²) in [6.45, 7) is 18.2. The Morgan fingerprint density at radius 1 is 1.09 bits per heavy atom. The summed E-state index contributed by atoms with van der Waals surface area (Å²) in [4.78, 5) is 33.5. The van der Waals surface area contributed by atoms with E-state index in [4.69, 9.17) is 14.6 Å². The molecule has 2 N–H and O–H groups in total. The molecule has 0 bridgehead atoms. The van der Waals surface area contributed by atoms with Crippen molar-refractivity contribution in [1.29, 1.82) is 0 Å². The Bertz CT molecular complexity index is 647. The number of ether oxygens (including phenoxy) is 2. The number of likely N-dealkylation sites (N-methyl/N-ethyl adjacent to an activating group) is 1. The van der Waals surface area contributed by atoms with Crippen molar-refractivity contribution in [2.24, 2.45) is 0 Å². The Morgan fingerprint density at radius 3 is 1.94 bits per heavy atom. The quantitative estimate of drug-likeness (QED) is 0.133. The molecule has 0 atom stereocenters. The fourth-order valence-electron chi connectivity index (χ4n) is 1.31. The van der Waals surface area contributed by atoms with Crippen molar-refractivity contribution >= 4 is 85.9 Å². The Kier molecular flexibility index (Phi) is 21.9. The van der Waals surface area contributed by atoms with Crippen LogP contribution in [0.15, 0.2) is 49.6 Å². The molecule has 32 heavy (non-hydrogen) atoms. The van der Waals surface area contributed by atoms with E-state index in [0.717, 1.165) is 5.57 Å². The highest BCUT2D eigenvalue weighted by molar-refractivity contribution is 14.3. The van der Waals surface area contributed by atoms with Crippen LogP contribution >= 0.6 is 67.8 Å². The highest BCUT2D eigenvalue weighted by atomic mass is 127. The van der Waals surface area contributed by atoms with Crippen molar-refractivity contribution in [3.05, 3.63) is 49.6 Å². The predicted molar refractivity (Wildman–Crippen MR) is 155 cm³/mol. The zero-order valence-electron chi connectivity index (χ0n) is 19.1. The molecule has 0 aromatic heterocycles. The van der Waals surface area contributed by atoms with Gasteiger partial charge in [-0.15, -0.1) is 6.58 Å². The van der Waals surface area contributed by atoms with Crippen molar-refractivity contribution in [1.82, 2.24) is 10.2 Å². The molecule has 0 aromatic rings. The molecule has 0 radical (unpaired) electrons. The molecule has 0 aliphatic rings. The van der Waals surface area contributed by atoms with Gasteiger partial charge in [0.05, 0.1) is 0 Å². The van der Waals surface area contributed by atoms with Crippen LogP contribution in [-0.2, 0) is 14.3 Å². The predicted octanol–water partition coefficient (Wildman–Crippen LogP) is 6.10. The van der Waals surface area contributed by atoms with Gasteiger partial charge in [-0.05, 0) is 33.3 Å². The Morgan fingerprint density at radius 2 is 1.59 bits per heavy atom. The number of carbonyl (C=O) groups is 3. The van der Waals surface area contributed by atoms with E-state index in [1.807, 2.05) is 0 Å². The Balaban J connectivity index is -0.000000441. The number of aliphatic carboxylic acids is 1. The number of carbonyl (C=O) groups excluding carboxylic acids is 2. The zero-order chi connectivity index (χ0) is 26.0. The maximum Gasteiger partial charge on any atom is 0.410 e. The number of nitrogens with zero attached hydrogens (tertiary/aromatic N) is 1. The number of halogens is 3. The minimum Gasteiger partial charge on any atom is -0.480 e. The molecule has 2 amide bonds. The SMILES string of the molecule is C=C/C=C(\C=C)COC(=O)N(C)CC=C.CC(C)(C)OC(=O)NCC(=O)O.CC(I)(I)I. The van der Waals surface area contributed by atoms with Gasteiger partial charge in [-0.2, -0.15) is 0 Å². The number of carboxylic acid groups (broad SMARTS) is 1. The second-order valence-corrected chi connectivity index (χ2v) is 19.6. The third-order valence-corrected chi connectivity index (χ3v) is 2.45. The summed E-state index contributed by atoms with van der Waals surface area (Å²) < 4.78 is 10.2. The van der Waals surface area contributed by atoms with Gasteiger partial charge in [0.1, 0.15) is 18.2 Å². The summed E-state index contributed by atoms with van der Waals surface area (Å²) in [7, 11) is 1.65. The topological polar surface area (TPSA) is 105 Å². The fourth-order valence-corrected chi connectivity index (χ4v) is 1.31. The summed E-state index contributed by atoms with van der Waals surface area (Å²) in [5.74, 6) is -1.10. The number of nitrogens with one attached hydrogen (secondary N) is 1. The van der Waals surface area contributed by atoms with Crippen LogP contribution in [-0.4, -0.2) is 59.9 Å². The van der Waals surface area contributed by atoms with Crippen molar-refractivity contribution in [2.75, 3.05) is 26.7 Å². The molecule has 0 heterocycles.